The summed E-state index contributed by atoms with van der Waals surface area (Å²) in [5.41, 5.74) is 0.923. The van der Waals surface area contributed by atoms with Gasteiger partial charge < -0.3 is 10.1 Å². The van der Waals surface area contributed by atoms with Crippen molar-refractivity contribution >= 4 is 17.5 Å². The predicted octanol–water partition coefficient (Wildman–Crippen LogP) is 0.594. The molecule has 0 bridgehead atoms. The summed E-state index contributed by atoms with van der Waals surface area (Å²) < 4.78 is 5.32. The first kappa shape index (κ1) is 18.3. The molecule has 1 aromatic rings. The highest BCUT2D eigenvalue weighted by Crippen LogP contribution is 2.10. The van der Waals surface area contributed by atoms with E-state index in [4.69, 9.17) is 4.74 Å². The molecule has 1 heterocycles. The molecule has 0 aliphatic carbocycles. The molecule has 0 spiro atoms. The van der Waals surface area contributed by atoms with Gasteiger partial charge in [0.15, 0.2) is 11.9 Å². The van der Waals surface area contributed by atoms with E-state index in [9.17, 15) is 14.4 Å². The van der Waals surface area contributed by atoms with Crippen LogP contribution in [0, 0.1) is 0 Å². The maximum Gasteiger partial charge on any atom is 0.314 e. The van der Waals surface area contributed by atoms with Crippen molar-refractivity contribution in [1.29, 1.82) is 0 Å². The van der Waals surface area contributed by atoms with Gasteiger partial charge in [-0.25, -0.2) is 0 Å². The molecule has 0 aromatic heterocycles. The minimum Gasteiger partial charge on any atom is -0.454 e. The topological polar surface area (TPSA) is 75.7 Å². The Morgan fingerprint density at radius 3 is 2.46 bits per heavy atom. The van der Waals surface area contributed by atoms with Gasteiger partial charge in [-0.3, -0.25) is 19.3 Å². The second kappa shape index (κ2) is 9.30. The fourth-order valence-corrected chi connectivity index (χ4v) is 2.64. The van der Waals surface area contributed by atoms with Crippen LogP contribution in [0.1, 0.15) is 18.9 Å². The van der Waals surface area contributed by atoms with Crippen LogP contribution in [-0.4, -0.2) is 61.3 Å². The van der Waals surface area contributed by atoms with Crippen molar-refractivity contribution in [1.82, 2.24) is 10.2 Å². The first-order valence-corrected chi connectivity index (χ1v) is 8.23. The van der Waals surface area contributed by atoms with Crippen LogP contribution in [0.25, 0.3) is 0 Å². The zero-order chi connectivity index (χ0) is 17.4. The van der Waals surface area contributed by atoms with Gasteiger partial charge in [-0.05, 0) is 12.5 Å². The molecule has 0 amide bonds. The van der Waals surface area contributed by atoms with Crippen molar-refractivity contribution in [3.05, 3.63) is 35.9 Å². The van der Waals surface area contributed by atoms with Crippen LogP contribution in [0.15, 0.2) is 30.3 Å². The van der Waals surface area contributed by atoms with Crippen molar-refractivity contribution in [2.45, 2.75) is 25.9 Å². The lowest BCUT2D eigenvalue weighted by molar-refractivity contribution is -0.156. The standard InChI is InChI=1S/C18H24N2O4/c1-14(21)11-18(23)24-17(12-15-5-3-2-4-6-15)16(22)13-20-9-7-19-8-10-20/h2-6,17,19H,7-13H2,1H3. The number of hydrogen-bond acceptors (Lipinski definition) is 6. The van der Waals surface area contributed by atoms with E-state index in [1.807, 2.05) is 30.3 Å². The monoisotopic (exact) mass is 332 g/mol. The van der Waals surface area contributed by atoms with E-state index in [-0.39, 0.29) is 24.5 Å². The number of hydrogen-bond donors (Lipinski definition) is 1. The Morgan fingerprint density at radius 2 is 1.83 bits per heavy atom. The molecule has 1 saturated heterocycles. The number of nitrogens with zero attached hydrogens (tertiary/aromatic N) is 1. The van der Waals surface area contributed by atoms with Crippen LogP contribution < -0.4 is 5.32 Å². The molecule has 6 nitrogen and oxygen atoms in total. The number of rotatable bonds is 8. The third-order valence-corrected chi connectivity index (χ3v) is 3.88. The molecule has 1 fully saturated rings. The van der Waals surface area contributed by atoms with Crippen molar-refractivity contribution in [3.63, 3.8) is 0 Å². The van der Waals surface area contributed by atoms with E-state index < -0.39 is 12.1 Å². The average molecular weight is 332 g/mol. The first-order valence-electron chi connectivity index (χ1n) is 8.23. The molecule has 24 heavy (non-hydrogen) atoms. The van der Waals surface area contributed by atoms with Gasteiger partial charge in [0.25, 0.3) is 0 Å². The van der Waals surface area contributed by atoms with Gasteiger partial charge in [0.2, 0.25) is 0 Å². The first-order chi connectivity index (χ1) is 11.5. The molecule has 1 N–H and O–H groups in total. The lowest BCUT2D eigenvalue weighted by Crippen LogP contribution is -2.47. The molecule has 0 saturated carbocycles. The summed E-state index contributed by atoms with van der Waals surface area (Å²) in [5.74, 6) is -1.04. The summed E-state index contributed by atoms with van der Waals surface area (Å²) in [6.07, 6.45) is -0.823. The number of Topliss-reactive ketones (excluding diaryl/α,β-unsaturated/α-hetero) is 2. The van der Waals surface area contributed by atoms with Gasteiger partial charge in [-0.2, -0.15) is 0 Å². The van der Waals surface area contributed by atoms with Crippen molar-refractivity contribution < 1.29 is 19.1 Å². The quantitative estimate of drug-likeness (QED) is 0.555. The molecule has 0 radical (unpaired) electrons. The van der Waals surface area contributed by atoms with E-state index >= 15 is 0 Å². The van der Waals surface area contributed by atoms with Crippen molar-refractivity contribution in [2.75, 3.05) is 32.7 Å². The largest absolute Gasteiger partial charge is 0.454 e. The Morgan fingerprint density at radius 1 is 1.17 bits per heavy atom. The molecule has 1 unspecified atom stereocenters. The second-order valence-electron chi connectivity index (χ2n) is 6.04. The van der Waals surface area contributed by atoms with E-state index in [0.717, 1.165) is 31.7 Å². The Labute approximate surface area is 142 Å². The van der Waals surface area contributed by atoms with Crippen LogP contribution in [0.2, 0.25) is 0 Å². The number of carbonyl (C=O) groups excluding carboxylic acids is 3. The summed E-state index contributed by atoms with van der Waals surface area (Å²) in [6.45, 7) is 4.88. The zero-order valence-corrected chi connectivity index (χ0v) is 14.0. The maximum absolute atomic E-state index is 12.6. The number of nitrogens with one attached hydrogen (secondary N) is 1. The molecular weight excluding hydrogens is 308 g/mol. The molecule has 1 aliphatic heterocycles. The lowest BCUT2D eigenvalue weighted by Gasteiger charge is -2.28. The summed E-state index contributed by atoms with van der Waals surface area (Å²) in [7, 11) is 0. The smallest absolute Gasteiger partial charge is 0.314 e. The summed E-state index contributed by atoms with van der Waals surface area (Å²) in [4.78, 5) is 37.6. The van der Waals surface area contributed by atoms with Gasteiger partial charge in [0, 0.05) is 32.6 Å². The number of esters is 1. The van der Waals surface area contributed by atoms with Gasteiger partial charge in [-0.1, -0.05) is 30.3 Å². The number of carbonyl (C=O) groups is 3. The predicted molar refractivity (Wildman–Crippen MR) is 89.6 cm³/mol. The molecule has 1 atom stereocenters. The normalized spacial score (nSPS) is 16.4. The Bertz CT molecular complexity index is 568. The van der Waals surface area contributed by atoms with Crippen LogP contribution in [0.3, 0.4) is 0 Å². The van der Waals surface area contributed by atoms with E-state index in [2.05, 4.69) is 10.2 Å². The van der Waals surface area contributed by atoms with E-state index in [1.165, 1.54) is 6.92 Å². The fraction of sp³-hybridized carbons (Fsp3) is 0.500. The maximum atomic E-state index is 12.6. The van der Waals surface area contributed by atoms with Crippen LogP contribution in [-0.2, 0) is 25.5 Å². The SMILES string of the molecule is CC(=O)CC(=O)OC(Cc1ccccc1)C(=O)CN1CCNCC1. The average Bonchev–Trinajstić information content (AvgIpc) is 2.55. The third kappa shape index (κ3) is 6.22. The highest BCUT2D eigenvalue weighted by Gasteiger charge is 2.26. The lowest BCUT2D eigenvalue weighted by atomic mass is 10.0. The van der Waals surface area contributed by atoms with Crippen LogP contribution in [0.5, 0.6) is 0 Å². The number of piperazine rings is 1. The highest BCUT2D eigenvalue weighted by molar-refractivity contribution is 5.95. The van der Waals surface area contributed by atoms with Gasteiger partial charge in [0.1, 0.15) is 12.2 Å². The summed E-state index contributed by atoms with van der Waals surface area (Å²) in [6, 6.07) is 9.44. The summed E-state index contributed by atoms with van der Waals surface area (Å²) in [5, 5.41) is 3.24. The van der Waals surface area contributed by atoms with Crippen molar-refractivity contribution in [3.8, 4) is 0 Å². The number of benzene rings is 1. The second-order valence-corrected chi connectivity index (χ2v) is 6.04. The molecular formula is C18H24N2O4. The number of ether oxygens (including phenoxy) is 1. The van der Waals surface area contributed by atoms with Crippen LogP contribution in [0.4, 0.5) is 0 Å². The molecule has 1 aromatic carbocycles. The highest BCUT2D eigenvalue weighted by atomic mass is 16.5. The van der Waals surface area contributed by atoms with Gasteiger partial charge >= 0.3 is 5.97 Å². The molecule has 1 aliphatic rings. The Kier molecular flexibility index (Phi) is 7.08. The Hall–Kier alpha value is -2.05. The Balaban J connectivity index is 2.01. The number of ketones is 2. The van der Waals surface area contributed by atoms with E-state index in [1.54, 1.807) is 0 Å². The van der Waals surface area contributed by atoms with Crippen LogP contribution >= 0.6 is 0 Å². The summed E-state index contributed by atoms with van der Waals surface area (Å²) >= 11 is 0. The van der Waals surface area contributed by atoms with Gasteiger partial charge in [0.05, 0.1) is 6.54 Å². The fourth-order valence-electron chi connectivity index (χ4n) is 2.64. The van der Waals surface area contributed by atoms with Crippen molar-refractivity contribution in [2.24, 2.45) is 0 Å². The minimum atomic E-state index is -0.853. The minimum absolute atomic E-state index is 0.127. The molecule has 130 valence electrons. The van der Waals surface area contributed by atoms with E-state index in [0.29, 0.717) is 6.42 Å². The van der Waals surface area contributed by atoms with Gasteiger partial charge in [-0.15, -0.1) is 0 Å². The third-order valence-electron chi connectivity index (χ3n) is 3.88. The zero-order valence-electron chi connectivity index (χ0n) is 14.0. The molecule has 2 rings (SSSR count). The molecule has 6 heteroatoms.